The van der Waals surface area contributed by atoms with Crippen LogP contribution in [0.5, 0.6) is 0 Å². The molecule has 2 N–H and O–H groups in total. The molecule has 1 saturated heterocycles. The van der Waals surface area contributed by atoms with E-state index >= 15 is 0 Å². The lowest BCUT2D eigenvalue weighted by molar-refractivity contribution is -0.121. The molecular weight excluding hydrogens is 278 g/mol. The van der Waals surface area contributed by atoms with Crippen molar-refractivity contribution in [2.75, 3.05) is 26.2 Å². The number of amides is 2. The van der Waals surface area contributed by atoms with E-state index in [0.717, 1.165) is 19.6 Å². The summed E-state index contributed by atoms with van der Waals surface area (Å²) in [6.45, 7) is 4.83. The third-order valence-corrected chi connectivity index (χ3v) is 3.60. The second kappa shape index (κ2) is 6.83. The fraction of sp³-hybridized carbons (Fsp3) is 0.429. The van der Waals surface area contributed by atoms with Crippen LogP contribution in [0.25, 0.3) is 0 Å². The molecule has 1 atom stereocenters. The van der Waals surface area contributed by atoms with Crippen LogP contribution in [0.4, 0.5) is 0 Å². The van der Waals surface area contributed by atoms with Crippen LogP contribution in [0.1, 0.15) is 17.3 Å². The maximum Gasteiger partial charge on any atom is 0.257 e. The van der Waals surface area contributed by atoms with Gasteiger partial charge in [-0.05, 0) is 31.2 Å². The molecule has 0 radical (unpaired) electrons. The average Bonchev–Trinajstić information content (AvgIpc) is 2.42. The van der Waals surface area contributed by atoms with Crippen LogP contribution in [-0.2, 0) is 4.79 Å². The Morgan fingerprint density at radius 3 is 2.75 bits per heavy atom. The van der Waals surface area contributed by atoms with Crippen molar-refractivity contribution in [2.45, 2.75) is 13.0 Å². The van der Waals surface area contributed by atoms with E-state index in [4.69, 9.17) is 11.6 Å². The van der Waals surface area contributed by atoms with Gasteiger partial charge in [-0.3, -0.25) is 19.8 Å². The van der Waals surface area contributed by atoms with Gasteiger partial charge in [0.1, 0.15) is 0 Å². The van der Waals surface area contributed by atoms with Gasteiger partial charge in [0.2, 0.25) is 5.91 Å². The smallest absolute Gasteiger partial charge is 0.257 e. The van der Waals surface area contributed by atoms with Crippen LogP contribution in [-0.4, -0.2) is 48.9 Å². The summed E-state index contributed by atoms with van der Waals surface area (Å²) in [5, 5.41) is 6.22. The number of halogens is 1. The van der Waals surface area contributed by atoms with Crippen LogP contribution in [0.15, 0.2) is 24.3 Å². The number of nitrogens with zero attached hydrogens (tertiary/aromatic N) is 1. The Labute approximate surface area is 123 Å². The SMILES string of the molecule is C[C@H]1CNCCN1CC(=O)NC(=O)c1ccc(Cl)cc1. The molecule has 1 aliphatic rings. The summed E-state index contributed by atoms with van der Waals surface area (Å²) >= 11 is 5.76. The largest absolute Gasteiger partial charge is 0.314 e. The monoisotopic (exact) mass is 295 g/mol. The molecule has 108 valence electrons. The summed E-state index contributed by atoms with van der Waals surface area (Å²) in [5.74, 6) is -0.673. The highest BCUT2D eigenvalue weighted by Crippen LogP contribution is 2.09. The van der Waals surface area contributed by atoms with Gasteiger partial charge in [-0.15, -0.1) is 0 Å². The van der Waals surface area contributed by atoms with E-state index in [1.807, 2.05) is 0 Å². The van der Waals surface area contributed by atoms with Gasteiger partial charge in [-0.25, -0.2) is 0 Å². The molecule has 0 aliphatic carbocycles. The topological polar surface area (TPSA) is 61.4 Å². The molecule has 2 amide bonds. The summed E-state index contributed by atoms with van der Waals surface area (Å²) in [6.07, 6.45) is 0. The second-order valence-corrected chi connectivity index (χ2v) is 5.34. The van der Waals surface area contributed by atoms with Crippen molar-refractivity contribution < 1.29 is 9.59 Å². The Morgan fingerprint density at radius 1 is 1.40 bits per heavy atom. The van der Waals surface area contributed by atoms with E-state index in [9.17, 15) is 9.59 Å². The highest BCUT2D eigenvalue weighted by atomic mass is 35.5. The van der Waals surface area contributed by atoms with Gasteiger partial charge in [0, 0.05) is 36.3 Å². The fourth-order valence-electron chi connectivity index (χ4n) is 2.14. The number of piperazine rings is 1. The minimum Gasteiger partial charge on any atom is -0.314 e. The molecule has 1 aromatic carbocycles. The van der Waals surface area contributed by atoms with Crippen LogP contribution in [0.2, 0.25) is 5.02 Å². The molecule has 6 heteroatoms. The number of hydrogen-bond acceptors (Lipinski definition) is 4. The lowest BCUT2D eigenvalue weighted by atomic mass is 10.2. The standard InChI is InChI=1S/C14H18ClN3O2/c1-10-8-16-6-7-18(10)9-13(19)17-14(20)11-2-4-12(15)5-3-11/h2-5,10,16H,6-9H2,1H3,(H,17,19,20)/t10-/m0/s1. The molecule has 0 bridgehead atoms. The van der Waals surface area contributed by atoms with E-state index in [2.05, 4.69) is 22.5 Å². The maximum absolute atomic E-state index is 11.9. The molecule has 1 fully saturated rings. The highest BCUT2D eigenvalue weighted by molar-refractivity contribution is 6.30. The first-order valence-electron chi connectivity index (χ1n) is 6.61. The zero-order valence-electron chi connectivity index (χ0n) is 11.4. The van der Waals surface area contributed by atoms with E-state index in [0.29, 0.717) is 16.6 Å². The van der Waals surface area contributed by atoms with E-state index in [-0.39, 0.29) is 12.5 Å². The van der Waals surface area contributed by atoms with Crippen molar-refractivity contribution >= 4 is 23.4 Å². The first kappa shape index (κ1) is 15.0. The average molecular weight is 296 g/mol. The van der Waals surface area contributed by atoms with Gasteiger partial charge in [-0.1, -0.05) is 11.6 Å². The Balaban J connectivity index is 1.87. The van der Waals surface area contributed by atoms with Gasteiger partial charge in [0.15, 0.2) is 0 Å². The number of rotatable bonds is 3. The molecular formula is C14H18ClN3O2. The second-order valence-electron chi connectivity index (χ2n) is 4.91. The minimum absolute atomic E-state index is 0.238. The molecule has 2 rings (SSSR count). The summed E-state index contributed by atoms with van der Waals surface area (Å²) in [4.78, 5) is 25.8. The number of benzene rings is 1. The molecule has 1 heterocycles. The Hall–Kier alpha value is -1.43. The third-order valence-electron chi connectivity index (χ3n) is 3.34. The number of carbonyl (C=O) groups excluding carboxylic acids is 2. The van der Waals surface area contributed by atoms with Crippen molar-refractivity contribution in [3.63, 3.8) is 0 Å². The predicted molar refractivity (Wildman–Crippen MR) is 77.8 cm³/mol. The van der Waals surface area contributed by atoms with E-state index in [1.54, 1.807) is 24.3 Å². The normalized spacial score (nSPS) is 19.6. The molecule has 0 spiro atoms. The number of nitrogens with one attached hydrogen (secondary N) is 2. The van der Waals surface area contributed by atoms with Crippen molar-refractivity contribution in [1.29, 1.82) is 0 Å². The first-order chi connectivity index (χ1) is 9.56. The summed E-state index contributed by atoms with van der Waals surface area (Å²) in [5.41, 5.74) is 0.427. The van der Waals surface area contributed by atoms with Crippen molar-refractivity contribution in [3.8, 4) is 0 Å². The fourth-order valence-corrected chi connectivity index (χ4v) is 2.27. The molecule has 0 saturated carbocycles. The van der Waals surface area contributed by atoms with Gasteiger partial charge < -0.3 is 5.32 Å². The molecule has 0 aromatic heterocycles. The summed E-state index contributed by atoms with van der Waals surface area (Å²) in [6, 6.07) is 6.73. The van der Waals surface area contributed by atoms with E-state index in [1.165, 1.54) is 0 Å². The van der Waals surface area contributed by atoms with Gasteiger partial charge in [0.25, 0.3) is 5.91 Å². The zero-order chi connectivity index (χ0) is 14.5. The lowest BCUT2D eigenvalue weighted by Gasteiger charge is -2.33. The third kappa shape index (κ3) is 4.03. The summed E-state index contributed by atoms with van der Waals surface area (Å²) in [7, 11) is 0. The molecule has 1 aromatic rings. The highest BCUT2D eigenvalue weighted by Gasteiger charge is 2.21. The van der Waals surface area contributed by atoms with Gasteiger partial charge in [0.05, 0.1) is 6.54 Å². The zero-order valence-corrected chi connectivity index (χ0v) is 12.1. The number of imide groups is 1. The number of hydrogen-bond donors (Lipinski definition) is 2. The van der Waals surface area contributed by atoms with Crippen molar-refractivity contribution in [3.05, 3.63) is 34.9 Å². The molecule has 1 aliphatic heterocycles. The molecule has 0 unspecified atom stereocenters. The predicted octanol–water partition coefficient (Wildman–Crippen LogP) is 0.890. The Morgan fingerprint density at radius 2 is 2.10 bits per heavy atom. The van der Waals surface area contributed by atoms with Gasteiger partial charge >= 0.3 is 0 Å². The van der Waals surface area contributed by atoms with Crippen LogP contribution in [0.3, 0.4) is 0 Å². The van der Waals surface area contributed by atoms with Crippen LogP contribution >= 0.6 is 11.6 Å². The van der Waals surface area contributed by atoms with Crippen molar-refractivity contribution in [1.82, 2.24) is 15.5 Å². The maximum atomic E-state index is 11.9. The first-order valence-corrected chi connectivity index (χ1v) is 6.98. The van der Waals surface area contributed by atoms with Crippen LogP contribution < -0.4 is 10.6 Å². The Bertz CT molecular complexity index is 490. The van der Waals surface area contributed by atoms with Crippen molar-refractivity contribution in [2.24, 2.45) is 0 Å². The number of carbonyl (C=O) groups is 2. The van der Waals surface area contributed by atoms with E-state index < -0.39 is 5.91 Å². The molecule has 20 heavy (non-hydrogen) atoms. The summed E-state index contributed by atoms with van der Waals surface area (Å²) < 4.78 is 0. The van der Waals surface area contributed by atoms with Gasteiger partial charge in [-0.2, -0.15) is 0 Å². The quantitative estimate of drug-likeness (QED) is 0.869. The molecule has 5 nitrogen and oxygen atoms in total. The minimum atomic E-state index is -0.394. The van der Waals surface area contributed by atoms with Crippen LogP contribution in [0, 0.1) is 0 Å². The lowest BCUT2D eigenvalue weighted by Crippen LogP contribution is -2.53. The Kier molecular flexibility index (Phi) is 5.11.